The minimum absolute atomic E-state index is 0.121. The number of hydrogen-bond donors (Lipinski definition) is 2. The predicted octanol–water partition coefficient (Wildman–Crippen LogP) is 1.15. The van der Waals surface area contributed by atoms with Crippen LogP contribution in [-0.4, -0.2) is 23.1 Å². The van der Waals surface area contributed by atoms with E-state index in [2.05, 4.69) is 29.1 Å². The number of nitrogens with zero attached hydrogens (tertiary/aromatic N) is 1. The summed E-state index contributed by atoms with van der Waals surface area (Å²) in [4.78, 5) is 7.85. The predicted molar refractivity (Wildman–Crippen MR) is 54.0 cm³/mol. The van der Waals surface area contributed by atoms with Crippen LogP contribution in [0.3, 0.4) is 0 Å². The number of H-pyrrole nitrogens is 1. The molecule has 0 spiro atoms. The summed E-state index contributed by atoms with van der Waals surface area (Å²) in [5.74, 6) is 1.00. The van der Waals surface area contributed by atoms with Gasteiger partial charge in [-0.05, 0) is 20.9 Å². The molecular weight excluding hydrogens is 178 g/mol. The zero-order valence-corrected chi connectivity index (χ0v) is 8.92. The Bertz CT molecular complexity index is 321. The van der Waals surface area contributed by atoms with Crippen LogP contribution in [0.25, 0.3) is 0 Å². The van der Waals surface area contributed by atoms with E-state index in [1.807, 2.05) is 7.05 Å². The molecule has 0 radical (unpaired) electrons. The normalized spacial score (nSPS) is 26.2. The fourth-order valence-corrected chi connectivity index (χ4v) is 1.97. The molecule has 0 fully saturated rings. The van der Waals surface area contributed by atoms with Gasteiger partial charge in [0.25, 0.3) is 0 Å². The maximum Gasteiger partial charge on any atom is 0.120 e. The summed E-state index contributed by atoms with van der Waals surface area (Å²) in [6.45, 7) is 4.94. The van der Waals surface area contributed by atoms with Crippen LogP contribution in [-0.2, 0) is 17.7 Å². The first-order chi connectivity index (χ1) is 6.70. The fourth-order valence-electron chi connectivity index (χ4n) is 1.97. The Morgan fingerprint density at radius 3 is 3.07 bits per heavy atom. The zero-order valence-electron chi connectivity index (χ0n) is 8.92. The van der Waals surface area contributed by atoms with Crippen LogP contribution >= 0.6 is 0 Å². The van der Waals surface area contributed by atoms with Gasteiger partial charge >= 0.3 is 0 Å². The number of imidazole rings is 1. The molecule has 1 aromatic rings. The van der Waals surface area contributed by atoms with Gasteiger partial charge in [-0.25, -0.2) is 4.98 Å². The highest BCUT2D eigenvalue weighted by molar-refractivity contribution is 5.20. The Morgan fingerprint density at radius 2 is 2.36 bits per heavy atom. The Kier molecular flexibility index (Phi) is 2.56. The van der Waals surface area contributed by atoms with Crippen LogP contribution in [0.2, 0.25) is 0 Å². The minimum atomic E-state index is 0.121. The first-order valence-electron chi connectivity index (χ1n) is 5.08. The molecule has 0 amide bonds. The van der Waals surface area contributed by atoms with Gasteiger partial charge in [-0.3, -0.25) is 0 Å². The summed E-state index contributed by atoms with van der Waals surface area (Å²) in [5, 5.41) is 3.08. The van der Waals surface area contributed by atoms with Gasteiger partial charge in [0.15, 0.2) is 0 Å². The quantitative estimate of drug-likeness (QED) is 0.744. The van der Waals surface area contributed by atoms with E-state index in [4.69, 9.17) is 4.74 Å². The summed E-state index contributed by atoms with van der Waals surface area (Å²) in [5.41, 5.74) is 2.31. The van der Waals surface area contributed by atoms with Crippen LogP contribution < -0.4 is 5.32 Å². The molecular formula is C10H17N3O. The molecule has 1 aliphatic rings. The third-order valence-corrected chi connectivity index (χ3v) is 2.52. The van der Waals surface area contributed by atoms with Crippen molar-refractivity contribution in [2.75, 3.05) is 7.05 Å². The number of aromatic amines is 1. The number of hydrogen-bond acceptors (Lipinski definition) is 3. The summed E-state index contributed by atoms with van der Waals surface area (Å²) in [6, 6.07) is 0. The SMILES string of the molecule is CNCc1nc2c([nH]1)CC(C)OC2C. The number of fused-ring (bicyclic) bond motifs is 1. The summed E-state index contributed by atoms with van der Waals surface area (Å²) >= 11 is 0. The second-order valence-electron chi connectivity index (χ2n) is 3.87. The average Bonchev–Trinajstić information content (AvgIpc) is 2.48. The third kappa shape index (κ3) is 1.67. The van der Waals surface area contributed by atoms with Gasteiger partial charge in [0, 0.05) is 12.1 Å². The van der Waals surface area contributed by atoms with Crippen LogP contribution in [0.4, 0.5) is 0 Å². The lowest BCUT2D eigenvalue weighted by Gasteiger charge is -2.23. The van der Waals surface area contributed by atoms with Crippen molar-refractivity contribution < 1.29 is 4.74 Å². The Balaban J connectivity index is 2.26. The standard InChI is InChI=1S/C10H17N3O/c1-6-4-8-10(7(2)14-6)13-9(12-8)5-11-3/h6-7,11H,4-5H2,1-3H3,(H,12,13). The Morgan fingerprint density at radius 1 is 1.57 bits per heavy atom. The number of nitrogens with one attached hydrogen (secondary N) is 2. The van der Waals surface area contributed by atoms with Crippen molar-refractivity contribution in [2.24, 2.45) is 0 Å². The van der Waals surface area contributed by atoms with Gasteiger partial charge in [0.1, 0.15) is 5.82 Å². The second kappa shape index (κ2) is 3.71. The van der Waals surface area contributed by atoms with Gasteiger partial charge in [0.05, 0.1) is 24.4 Å². The molecule has 78 valence electrons. The van der Waals surface area contributed by atoms with Crippen LogP contribution in [0.15, 0.2) is 0 Å². The molecule has 4 nitrogen and oxygen atoms in total. The molecule has 0 aromatic carbocycles. The maximum atomic E-state index is 5.70. The number of ether oxygens (including phenoxy) is 1. The van der Waals surface area contributed by atoms with Crippen LogP contribution in [0.5, 0.6) is 0 Å². The van der Waals surface area contributed by atoms with E-state index in [9.17, 15) is 0 Å². The average molecular weight is 195 g/mol. The molecule has 2 unspecified atom stereocenters. The first kappa shape index (κ1) is 9.68. The molecule has 2 atom stereocenters. The van der Waals surface area contributed by atoms with E-state index in [-0.39, 0.29) is 6.10 Å². The van der Waals surface area contributed by atoms with Crippen LogP contribution in [0.1, 0.15) is 37.2 Å². The van der Waals surface area contributed by atoms with E-state index in [1.165, 1.54) is 5.69 Å². The zero-order chi connectivity index (χ0) is 10.1. The molecule has 2 N–H and O–H groups in total. The van der Waals surface area contributed by atoms with E-state index in [0.717, 1.165) is 24.5 Å². The minimum Gasteiger partial charge on any atom is -0.369 e. The lowest BCUT2D eigenvalue weighted by atomic mass is 10.1. The monoisotopic (exact) mass is 195 g/mol. The summed E-state index contributed by atoms with van der Waals surface area (Å²) < 4.78 is 5.70. The van der Waals surface area contributed by atoms with Gasteiger partial charge in [-0.15, -0.1) is 0 Å². The van der Waals surface area contributed by atoms with Crippen molar-refractivity contribution in [1.29, 1.82) is 0 Å². The van der Waals surface area contributed by atoms with Gasteiger partial charge < -0.3 is 15.0 Å². The van der Waals surface area contributed by atoms with E-state index in [0.29, 0.717) is 6.10 Å². The van der Waals surface area contributed by atoms with Gasteiger partial charge in [0.2, 0.25) is 0 Å². The first-order valence-corrected chi connectivity index (χ1v) is 5.08. The lowest BCUT2D eigenvalue weighted by molar-refractivity contribution is -0.00757. The summed E-state index contributed by atoms with van der Waals surface area (Å²) in [6.07, 6.45) is 1.35. The molecule has 0 aliphatic carbocycles. The highest BCUT2D eigenvalue weighted by Crippen LogP contribution is 2.27. The van der Waals surface area contributed by atoms with Crippen LogP contribution in [0, 0.1) is 0 Å². The van der Waals surface area contributed by atoms with E-state index in [1.54, 1.807) is 0 Å². The number of aromatic nitrogens is 2. The van der Waals surface area contributed by atoms with Crippen molar-refractivity contribution in [3.63, 3.8) is 0 Å². The Hall–Kier alpha value is -0.870. The van der Waals surface area contributed by atoms with Crippen molar-refractivity contribution in [3.05, 3.63) is 17.2 Å². The molecule has 0 saturated carbocycles. The second-order valence-corrected chi connectivity index (χ2v) is 3.87. The molecule has 1 aromatic heterocycles. The largest absolute Gasteiger partial charge is 0.369 e. The van der Waals surface area contributed by atoms with Crippen molar-refractivity contribution >= 4 is 0 Å². The fraction of sp³-hybridized carbons (Fsp3) is 0.700. The van der Waals surface area contributed by atoms with Crippen molar-refractivity contribution in [2.45, 2.75) is 39.0 Å². The van der Waals surface area contributed by atoms with E-state index < -0.39 is 0 Å². The van der Waals surface area contributed by atoms with Gasteiger partial charge in [-0.1, -0.05) is 0 Å². The van der Waals surface area contributed by atoms with Gasteiger partial charge in [-0.2, -0.15) is 0 Å². The molecule has 2 heterocycles. The third-order valence-electron chi connectivity index (χ3n) is 2.52. The topological polar surface area (TPSA) is 49.9 Å². The molecule has 0 saturated heterocycles. The Labute approximate surface area is 84.1 Å². The van der Waals surface area contributed by atoms with Crippen molar-refractivity contribution in [1.82, 2.24) is 15.3 Å². The van der Waals surface area contributed by atoms with E-state index >= 15 is 0 Å². The molecule has 2 rings (SSSR count). The molecule has 4 heteroatoms. The highest BCUT2D eigenvalue weighted by Gasteiger charge is 2.25. The molecule has 1 aliphatic heterocycles. The maximum absolute atomic E-state index is 5.70. The summed E-state index contributed by atoms with van der Waals surface area (Å²) in [7, 11) is 1.92. The number of rotatable bonds is 2. The lowest BCUT2D eigenvalue weighted by Crippen LogP contribution is -2.21. The molecule has 0 bridgehead atoms. The smallest absolute Gasteiger partial charge is 0.120 e. The highest BCUT2D eigenvalue weighted by atomic mass is 16.5. The van der Waals surface area contributed by atoms with Crippen molar-refractivity contribution in [3.8, 4) is 0 Å². The molecule has 14 heavy (non-hydrogen) atoms.